The lowest BCUT2D eigenvalue weighted by atomic mass is 10.1. The fourth-order valence-electron chi connectivity index (χ4n) is 2.73. The molecule has 2 atom stereocenters. The molecule has 0 radical (unpaired) electrons. The molecule has 0 saturated carbocycles. The van der Waals surface area contributed by atoms with Crippen LogP contribution in [0.25, 0.3) is 0 Å². The molecule has 1 aliphatic heterocycles. The second kappa shape index (κ2) is 9.54. The molecule has 0 aliphatic carbocycles. The first-order valence-corrected chi connectivity index (χ1v) is 10.8. The Kier molecular flexibility index (Phi) is 7.38. The van der Waals surface area contributed by atoms with E-state index in [1.54, 1.807) is 38.1 Å². The van der Waals surface area contributed by atoms with Crippen molar-refractivity contribution in [3.63, 3.8) is 0 Å². The Hall–Kier alpha value is -2.62. The molecule has 28 heavy (non-hydrogen) atoms. The summed E-state index contributed by atoms with van der Waals surface area (Å²) >= 11 is 0. The van der Waals surface area contributed by atoms with Crippen molar-refractivity contribution in [1.82, 2.24) is 10.6 Å². The Bertz CT molecular complexity index is 810. The predicted molar refractivity (Wildman–Crippen MR) is 103 cm³/mol. The zero-order valence-electron chi connectivity index (χ0n) is 15.8. The number of para-hydroxylation sites is 1. The summed E-state index contributed by atoms with van der Waals surface area (Å²) in [5.74, 6) is -1.66. The molecule has 3 N–H and O–H groups in total. The number of hydrogen-bond acceptors (Lipinski definition) is 6. The molecule has 3 amide bonds. The molecule has 1 fully saturated rings. The molecule has 1 aromatic carbocycles. The van der Waals surface area contributed by atoms with E-state index in [1.165, 1.54) is 0 Å². The highest BCUT2D eigenvalue weighted by molar-refractivity contribution is 7.91. The Balaban J connectivity index is 1.81. The van der Waals surface area contributed by atoms with Gasteiger partial charge in [0.2, 0.25) is 0 Å². The highest BCUT2D eigenvalue weighted by Crippen LogP contribution is 2.11. The van der Waals surface area contributed by atoms with Gasteiger partial charge >= 0.3 is 12.0 Å². The van der Waals surface area contributed by atoms with Crippen molar-refractivity contribution >= 4 is 33.4 Å². The maximum atomic E-state index is 12.3. The summed E-state index contributed by atoms with van der Waals surface area (Å²) in [4.78, 5) is 36.3. The summed E-state index contributed by atoms with van der Waals surface area (Å²) in [6.45, 7) is 2.93. The molecule has 1 saturated heterocycles. The van der Waals surface area contributed by atoms with Gasteiger partial charge in [-0.05, 0) is 24.5 Å². The molecular weight excluding hydrogens is 386 g/mol. The average molecular weight is 411 g/mol. The molecule has 0 aromatic heterocycles. The maximum absolute atomic E-state index is 12.3. The number of hydrogen-bond donors (Lipinski definition) is 3. The smallest absolute Gasteiger partial charge is 0.329 e. The van der Waals surface area contributed by atoms with E-state index in [0.717, 1.165) is 0 Å². The number of amides is 3. The van der Waals surface area contributed by atoms with Crippen molar-refractivity contribution in [2.75, 3.05) is 23.4 Å². The summed E-state index contributed by atoms with van der Waals surface area (Å²) in [6, 6.07) is 6.77. The van der Waals surface area contributed by atoms with Gasteiger partial charge in [0.15, 0.2) is 16.4 Å². The van der Waals surface area contributed by atoms with E-state index in [1.807, 2.05) is 6.07 Å². The van der Waals surface area contributed by atoms with E-state index < -0.39 is 46.4 Å². The number of ether oxygens (including phenoxy) is 1. The quantitative estimate of drug-likeness (QED) is 0.566. The molecule has 9 nitrogen and oxygen atoms in total. The highest BCUT2D eigenvalue weighted by Gasteiger charge is 2.30. The largest absolute Gasteiger partial charge is 0.454 e. The van der Waals surface area contributed by atoms with E-state index in [9.17, 15) is 22.8 Å². The van der Waals surface area contributed by atoms with Crippen molar-refractivity contribution in [3.05, 3.63) is 30.3 Å². The monoisotopic (exact) mass is 411 g/mol. The Morgan fingerprint density at radius 3 is 2.43 bits per heavy atom. The van der Waals surface area contributed by atoms with Crippen LogP contribution in [-0.2, 0) is 24.2 Å². The normalized spacial score (nSPS) is 18.9. The van der Waals surface area contributed by atoms with Gasteiger partial charge in [-0.15, -0.1) is 0 Å². The lowest BCUT2D eigenvalue weighted by Crippen LogP contribution is -2.48. The van der Waals surface area contributed by atoms with Crippen LogP contribution >= 0.6 is 0 Å². The molecule has 1 aromatic rings. The van der Waals surface area contributed by atoms with Crippen LogP contribution in [0.1, 0.15) is 20.3 Å². The summed E-state index contributed by atoms with van der Waals surface area (Å²) in [6.07, 6.45) is 0.345. The molecule has 0 spiro atoms. The molecule has 1 aliphatic rings. The van der Waals surface area contributed by atoms with Crippen molar-refractivity contribution < 1.29 is 27.5 Å². The first kappa shape index (κ1) is 21.7. The van der Waals surface area contributed by atoms with Gasteiger partial charge in [-0.3, -0.25) is 4.79 Å². The lowest BCUT2D eigenvalue weighted by molar-refractivity contribution is -0.151. The average Bonchev–Trinajstić information content (AvgIpc) is 2.96. The summed E-state index contributed by atoms with van der Waals surface area (Å²) in [7, 11) is -3.11. The second-order valence-corrected chi connectivity index (χ2v) is 9.19. The maximum Gasteiger partial charge on any atom is 0.329 e. The van der Waals surface area contributed by atoms with Crippen molar-refractivity contribution in [2.24, 2.45) is 5.92 Å². The van der Waals surface area contributed by atoms with Gasteiger partial charge in [0.05, 0.1) is 11.5 Å². The minimum absolute atomic E-state index is 0.0353. The molecule has 1 heterocycles. The Morgan fingerprint density at radius 2 is 1.86 bits per heavy atom. The van der Waals surface area contributed by atoms with Crippen LogP contribution in [0.3, 0.4) is 0 Å². The van der Waals surface area contributed by atoms with Crippen LogP contribution in [0.2, 0.25) is 0 Å². The van der Waals surface area contributed by atoms with Gasteiger partial charge in [0, 0.05) is 11.7 Å². The van der Waals surface area contributed by atoms with Crippen molar-refractivity contribution in [1.29, 1.82) is 0 Å². The standard InChI is InChI=1S/C18H25N3O6S/c1-12(2)16(21-18(24)20-13-6-4-3-5-7-13)17(23)27-10-15(22)19-14-8-9-28(25,26)11-14/h3-7,12,14,16H,8-11H2,1-2H3,(H,19,22)(H2,20,21,24)/t14-,16-/m0/s1. The zero-order chi connectivity index (χ0) is 20.7. The van der Waals surface area contributed by atoms with Gasteiger partial charge in [0.25, 0.3) is 5.91 Å². The number of benzene rings is 1. The van der Waals surface area contributed by atoms with Crippen LogP contribution in [-0.4, -0.2) is 56.5 Å². The van der Waals surface area contributed by atoms with Crippen LogP contribution in [0.15, 0.2) is 30.3 Å². The number of anilines is 1. The van der Waals surface area contributed by atoms with E-state index in [0.29, 0.717) is 12.1 Å². The topological polar surface area (TPSA) is 131 Å². The van der Waals surface area contributed by atoms with Gasteiger partial charge in [-0.25, -0.2) is 18.0 Å². The number of esters is 1. The minimum Gasteiger partial charge on any atom is -0.454 e. The zero-order valence-corrected chi connectivity index (χ0v) is 16.6. The molecule has 0 unspecified atom stereocenters. The summed E-state index contributed by atoms with van der Waals surface area (Å²) in [5, 5.41) is 7.68. The number of carbonyl (C=O) groups excluding carboxylic acids is 3. The van der Waals surface area contributed by atoms with Crippen molar-refractivity contribution in [2.45, 2.75) is 32.4 Å². The number of carbonyl (C=O) groups is 3. The first-order chi connectivity index (χ1) is 13.2. The molecular formula is C18H25N3O6S. The Morgan fingerprint density at radius 1 is 1.18 bits per heavy atom. The van der Waals surface area contributed by atoms with Crippen LogP contribution in [0.4, 0.5) is 10.5 Å². The first-order valence-electron chi connectivity index (χ1n) is 8.95. The van der Waals surface area contributed by atoms with E-state index in [-0.39, 0.29) is 17.4 Å². The fourth-order valence-corrected chi connectivity index (χ4v) is 4.41. The predicted octanol–water partition coefficient (Wildman–Crippen LogP) is 0.679. The third kappa shape index (κ3) is 6.84. The van der Waals surface area contributed by atoms with Gasteiger partial charge in [0.1, 0.15) is 6.04 Å². The van der Waals surface area contributed by atoms with E-state index >= 15 is 0 Å². The third-order valence-electron chi connectivity index (χ3n) is 4.18. The molecule has 2 rings (SSSR count). The lowest BCUT2D eigenvalue weighted by Gasteiger charge is -2.21. The Labute approximate surface area is 164 Å². The summed E-state index contributed by atoms with van der Waals surface area (Å²) in [5.41, 5.74) is 0.571. The molecule has 154 valence electrons. The second-order valence-electron chi connectivity index (χ2n) is 6.96. The van der Waals surface area contributed by atoms with Crippen LogP contribution < -0.4 is 16.0 Å². The number of rotatable bonds is 7. The number of nitrogens with one attached hydrogen (secondary N) is 3. The third-order valence-corrected chi connectivity index (χ3v) is 5.95. The highest BCUT2D eigenvalue weighted by atomic mass is 32.2. The van der Waals surface area contributed by atoms with Crippen LogP contribution in [0, 0.1) is 5.92 Å². The SMILES string of the molecule is CC(C)[C@H](NC(=O)Nc1ccccc1)C(=O)OCC(=O)N[C@H]1CCS(=O)(=O)C1. The van der Waals surface area contributed by atoms with E-state index in [4.69, 9.17) is 4.74 Å². The summed E-state index contributed by atoms with van der Waals surface area (Å²) < 4.78 is 27.8. The minimum atomic E-state index is -3.11. The van der Waals surface area contributed by atoms with Crippen molar-refractivity contribution in [3.8, 4) is 0 Å². The van der Waals surface area contributed by atoms with Gasteiger partial charge in [-0.1, -0.05) is 32.0 Å². The van der Waals surface area contributed by atoms with Gasteiger partial charge < -0.3 is 20.7 Å². The molecule has 0 bridgehead atoms. The number of sulfone groups is 1. The fraction of sp³-hybridized carbons (Fsp3) is 0.500. The van der Waals surface area contributed by atoms with Gasteiger partial charge in [-0.2, -0.15) is 0 Å². The van der Waals surface area contributed by atoms with Crippen LogP contribution in [0.5, 0.6) is 0 Å². The van der Waals surface area contributed by atoms with E-state index in [2.05, 4.69) is 16.0 Å². The molecule has 10 heteroatoms. The number of urea groups is 1.